The first-order chi connectivity index (χ1) is 9.15. The van der Waals surface area contributed by atoms with Crippen LogP contribution in [0.2, 0.25) is 0 Å². The topological polar surface area (TPSA) is 62.3 Å². The van der Waals surface area contributed by atoms with Gasteiger partial charge in [0.05, 0.1) is 6.54 Å². The van der Waals surface area contributed by atoms with Gasteiger partial charge in [-0.25, -0.2) is 4.98 Å². The smallest absolute Gasteiger partial charge is 0.245 e. The molecule has 1 fully saturated rings. The average molecular weight is 261 g/mol. The van der Waals surface area contributed by atoms with Crippen LogP contribution in [0.5, 0.6) is 0 Å². The number of aromatic nitrogens is 1. The summed E-state index contributed by atoms with van der Waals surface area (Å²) in [6.45, 7) is 2.66. The van der Waals surface area contributed by atoms with Crippen LogP contribution in [-0.2, 0) is 9.59 Å². The summed E-state index contributed by atoms with van der Waals surface area (Å²) < 4.78 is 0. The molecular formula is C14H19N3O2. The summed E-state index contributed by atoms with van der Waals surface area (Å²) in [6.07, 6.45) is 3.51. The largest absolute Gasteiger partial charge is 0.333 e. The molecule has 0 bridgehead atoms. The molecule has 1 aromatic rings. The molecule has 5 heteroatoms. The minimum Gasteiger partial charge on any atom is -0.333 e. The third kappa shape index (κ3) is 4.05. The van der Waals surface area contributed by atoms with Crippen molar-refractivity contribution < 1.29 is 9.59 Å². The number of nitrogens with one attached hydrogen (secondary N) is 1. The molecule has 0 aliphatic carbocycles. The van der Waals surface area contributed by atoms with Crippen LogP contribution in [-0.4, -0.2) is 34.8 Å². The molecule has 2 rings (SSSR count). The fourth-order valence-corrected chi connectivity index (χ4v) is 2.17. The zero-order valence-electron chi connectivity index (χ0n) is 11.2. The van der Waals surface area contributed by atoms with Gasteiger partial charge in [0.2, 0.25) is 11.8 Å². The summed E-state index contributed by atoms with van der Waals surface area (Å²) >= 11 is 0. The molecule has 5 nitrogen and oxygen atoms in total. The van der Waals surface area contributed by atoms with Gasteiger partial charge in [-0.1, -0.05) is 12.5 Å². The normalized spacial score (nSPS) is 16.1. The van der Waals surface area contributed by atoms with E-state index in [0.717, 1.165) is 25.0 Å². The lowest BCUT2D eigenvalue weighted by atomic mass is 10.2. The van der Waals surface area contributed by atoms with Crippen molar-refractivity contribution in [3.63, 3.8) is 0 Å². The number of pyridine rings is 1. The SMILES string of the molecule is Cc1cccc(NC(=O)CN2CCCCCC2=O)n1. The molecule has 19 heavy (non-hydrogen) atoms. The Bertz CT molecular complexity index is 474. The van der Waals surface area contributed by atoms with E-state index in [1.165, 1.54) is 0 Å². The van der Waals surface area contributed by atoms with Gasteiger partial charge in [-0.2, -0.15) is 0 Å². The first kappa shape index (κ1) is 13.5. The Hall–Kier alpha value is -1.91. The Morgan fingerprint density at radius 1 is 1.37 bits per heavy atom. The fraction of sp³-hybridized carbons (Fsp3) is 0.500. The van der Waals surface area contributed by atoms with Crippen LogP contribution in [0.3, 0.4) is 0 Å². The summed E-state index contributed by atoms with van der Waals surface area (Å²) in [4.78, 5) is 29.5. The van der Waals surface area contributed by atoms with Gasteiger partial charge in [-0.05, 0) is 31.9 Å². The van der Waals surface area contributed by atoms with Gasteiger partial charge in [0.25, 0.3) is 0 Å². The van der Waals surface area contributed by atoms with E-state index in [1.807, 2.05) is 19.1 Å². The number of carbonyl (C=O) groups excluding carboxylic acids is 2. The minimum atomic E-state index is -0.187. The number of hydrogen-bond donors (Lipinski definition) is 1. The number of aryl methyl sites for hydroxylation is 1. The van der Waals surface area contributed by atoms with E-state index in [9.17, 15) is 9.59 Å². The van der Waals surface area contributed by atoms with Crippen molar-refractivity contribution in [3.8, 4) is 0 Å². The Morgan fingerprint density at radius 3 is 3.00 bits per heavy atom. The van der Waals surface area contributed by atoms with E-state index in [4.69, 9.17) is 0 Å². The quantitative estimate of drug-likeness (QED) is 0.901. The Labute approximate surface area is 113 Å². The van der Waals surface area contributed by atoms with E-state index in [2.05, 4.69) is 10.3 Å². The summed E-state index contributed by atoms with van der Waals surface area (Å²) in [7, 11) is 0. The highest BCUT2D eigenvalue weighted by molar-refractivity contribution is 5.93. The van der Waals surface area contributed by atoms with Crippen LogP contribution >= 0.6 is 0 Å². The molecule has 0 saturated carbocycles. The first-order valence-corrected chi connectivity index (χ1v) is 6.66. The summed E-state index contributed by atoms with van der Waals surface area (Å²) in [5.74, 6) is 0.422. The molecule has 0 spiro atoms. The van der Waals surface area contributed by atoms with Crippen LogP contribution in [0.4, 0.5) is 5.82 Å². The Morgan fingerprint density at radius 2 is 2.21 bits per heavy atom. The lowest BCUT2D eigenvalue weighted by Crippen LogP contribution is -2.37. The zero-order chi connectivity index (χ0) is 13.7. The van der Waals surface area contributed by atoms with Crippen LogP contribution in [0.15, 0.2) is 18.2 Å². The molecule has 0 atom stereocenters. The highest BCUT2D eigenvalue weighted by atomic mass is 16.2. The van der Waals surface area contributed by atoms with E-state index >= 15 is 0 Å². The number of rotatable bonds is 3. The van der Waals surface area contributed by atoms with Crippen molar-refractivity contribution in [2.75, 3.05) is 18.4 Å². The number of likely N-dealkylation sites (tertiary alicyclic amines) is 1. The minimum absolute atomic E-state index is 0.0739. The third-order valence-electron chi connectivity index (χ3n) is 3.16. The van der Waals surface area contributed by atoms with Crippen LogP contribution in [0, 0.1) is 6.92 Å². The molecule has 2 heterocycles. The van der Waals surface area contributed by atoms with Crippen LogP contribution in [0.25, 0.3) is 0 Å². The molecule has 102 valence electrons. The molecule has 2 amide bonds. The Balaban J connectivity index is 1.91. The average Bonchev–Trinajstić information content (AvgIpc) is 2.55. The standard InChI is InChI=1S/C14H19N3O2/c1-11-6-5-7-12(15-11)16-13(18)10-17-9-4-2-3-8-14(17)19/h5-7H,2-4,8-10H2,1H3,(H,15,16,18). The fourth-order valence-electron chi connectivity index (χ4n) is 2.17. The van der Waals surface area contributed by atoms with E-state index in [0.29, 0.717) is 18.8 Å². The second-order valence-electron chi connectivity index (χ2n) is 4.84. The maximum atomic E-state index is 11.9. The van der Waals surface area contributed by atoms with E-state index in [-0.39, 0.29) is 18.4 Å². The summed E-state index contributed by atoms with van der Waals surface area (Å²) in [6, 6.07) is 5.46. The van der Waals surface area contributed by atoms with Crippen LogP contribution < -0.4 is 5.32 Å². The third-order valence-corrected chi connectivity index (χ3v) is 3.16. The molecular weight excluding hydrogens is 242 g/mol. The van der Waals surface area contributed by atoms with Gasteiger partial charge in [0.1, 0.15) is 5.82 Å². The first-order valence-electron chi connectivity index (χ1n) is 6.66. The second-order valence-corrected chi connectivity index (χ2v) is 4.84. The zero-order valence-corrected chi connectivity index (χ0v) is 11.2. The number of hydrogen-bond acceptors (Lipinski definition) is 3. The maximum absolute atomic E-state index is 11.9. The number of nitrogens with zero attached hydrogens (tertiary/aromatic N) is 2. The van der Waals surface area contributed by atoms with Crippen molar-refractivity contribution >= 4 is 17.6 Å². The number of anilines is 1. The van der Waals surface area contributed by atoms with Crippen molar-refractivity contribution in [3.05, 3.63) is 23.9 Å². The molecule has 1 N–H and O–H groups in total. The number of carbonyl (C=O) groups is 2. The van der Waals surface area contributed by atoms with Crippen molar-refractivity contribution in [2.45, 2.75) is 32.6 Å². The van der Waals surface area contributed by atoms with Crippen molar-refractivity contribution in [1.29, 1.82) is 0 Å². The Kier molecular flexibility index (Phi) is 4.49. The molecule has 1 aliphatic heterocycles. The van der Waals surface area contributed by atoms with Gasteiger partial charge in [0, 0.05) is 18.7 Å². The van der Waals surface area contributed by atoms with Gasteiger partial charge in [-0.3, -0.25) is 9.59 Å². The van der Waals surface area contributed by atoms with E-state index < -0.39 is 0 Å². The second kappa shape index (κ2) is 6.31. The lowest BCUT2D eigenvalue weighted by Gasteiger charge is -2.19. The summed E-state index contributed by atoms with van der Waals surface area (Å²) in [5.41, 5.74) is 0.851. The van der Waals surface area contributed by atoms with Crippen molar-refractivity contribution in [2.24, 2.45) is 0 Å². The predicted molar refractivity (Wildman–Crippen MR) is 72.7 cm³/mol. The van der Waals surface area contributed by atoms with Gasteiger partial charge in [0.15, 0.2) is 0 Å². The monoisotopic (exact) mass is 261 g/mol. The van der Waals surface area contributed by atoms with Gasteiger partial charge < -0.3 is 10.2 Å². The molecule has 1 aromatic heterocycles. The lowest BCUT2D eigenvalue weighted by molar-refractivity contribution is -0.134. The van der Waals surface area contributed by atoms with Gasteiger partial charge >= 0.3 is 0 Å². The molecule has 0 radical (unpaired) electrons. The highest BCUT2D eigenvalue weighted by Gasteiger charge is 2.19. The van der Waals surface area contributed by atoms with Crippen molar-refractivity contribution in [1.82, 2.24) is 9.88 Å². The van der Waals surface area contributed by atoms with E-state index in [1.54, 1.807) is 11.0 Å². The maximum Gasteiger partial charge on any atom is 0.245 e. The molecule has 1 saturated heterocycles. The highest BCUT2D eigenvalue weighted by Crippen LogP contribution is 2.11. The molecule has 1 aliphatic rings. The van der Waals surface area contributed by atoms with Crippen LogP contribution in [0.1, 0.15) is 31.4 Å². The molecule has 0 aromatic carbocycles. The van der Waals surface area contributed by atoms with Gasteiger partial charge in [-0.15, -0.1) is 0 Å². The predicted octanol–water partition coefficient (Wildman–Crippen LogP) is 1.73. The number of amides is 2. The summed E-state index contributed by atoms with van der Waals surface area (Å²) in [5, 5.41) is 2.73. The molecule has 0 unspecified atom stereocenters.